The molecule has 0 aliphatic rings. The molecular weight excluding hydrogens is 253 g/mol. The van der Waals surface area contributed by atoms with Crippen LogP contribution in [0.3, 0.4) is 0 Å². The van der Waals surface area contributed by atoms with Gasteiger partial charge in [-0.25, -0.2) is 4.39 Å². The smallest absolute Gasteiger partial charge is 0.123 e. The van der Waals surface area contributed by atoms with Crippen molar-refractivity contribution in [3.63, 3.8) is 0 Å². The lowest BCUT2D eigenvalue weighted by molar-refractivity contribution is 0.0674. The molecule has 1 rings (SSSR count). The van der Waals surface area contributed by atoms with Gasteiger partial charge in [0.1, 0.15) is 5.82 Å². The minimum atomic E-state index is -0.570. The zero-order valence-corrected chi connectivity index (χ0v) is 13.1. The molecule has 2 nitrogen and oxygen atoms in total. The normalized spacial score (nSPS) is 15.1. The molecule has 114 valence electrons. The van der Waals surface area contributed by atoms with Crippen molar-refractivity contribution in [2.75, 3.05) is 0 Å². The van der Waals surface area contributed by atoms with Gasteiger partial charge in [0.05, 0.1) is 5.60 Å². The van der Waals surface area contributed by atoms with Crippen molar-refractivity contribution in [2.24, 2.45) is 0 Å². The third-order valence-corrected chi connectivity index (χ3v) is 3.45. The monoisotopic (exact) mass is 281 g/mol. The quantitative estimate of drug-likeness (QED) is 0.762. The van der Waals surface area contributed by atoms with Crippen LogP contribution in [0, 0.1) is 5.82 Å². The summed E-state index contributed by atoms with van der Waals surface area (Å²) >= 11 is 0. The summed E-state index contributed by atoms with van der Waals surface area (Å²) in [4.78, 5) is 0. The molecule has 0 amide bonds. The maximum absolute atomic E-state index is 12.8. The zero-order valence-electron chi connectivity index (χ0n) is 13.1. The van der Waals surface area contributed by atoms with Gasteiger partial charge >= 0.3 is 0 Å². The van der Waals surface area contributed by atoms with Crippen LogP contribution in [0.1, 0.15) is 52.5 Å². The van der Waals surface area contributed by atoms with Crippen LogP contribution in [0.4, 0.5) is 4.39 Å². The first-order chi connectivity index (χ1) is 9.26. The highest BCUT2D eigenvalue weighted by atomic mass is 19.1. The topological polar surface area (TPSA) is 32.3 Å². The first-order valence-corrected chi connectivity index (χ1v) is 7.49. The highest BCUT2D eigenvalue weighted by Gasteiger charge is 2.13. The lowest BCUT2D eigenvalue weighted by Gasteiger charge is -2.22. The van der Waals surface area contributed by atoms with Crippen LogP contribution in [0.5, 0.6) is 0 Å². The molecule has 0 aliphatic heterocycles. The van der Waals surface area contributed by atoms with Gasteiger partial charge < -0.3 is 10.4 Å². The first kappa shape index (κ1) is 17.1. The van der Waals surface area contributed by atoms with Crippen molar-refractivity contribution in [1.29, 1.82) is 0 Å². The van der Waals surface area contributed by atoms with E-state index in [0.29, 0.717) is 12.1 Å². The molecule has 20 heavy (non-hydrogen) atoms. The van der Waals surface area contributed by atoms with Crippen molar-refractivity contribution in [2.45, 2.75) is 71.1 Å². The van der Waals surface area contributed by atoms with E-state index in [1.165, 1.54) is 12.1 Å². The van der Waals surface area contributed by atoms with Crippen LogP contribution < -0.4 is 5.32 Å². The van der Waals surface area contributed by atoms with Gasteiger partial charge in [-0.05, 0) is 71.1 Å². The second-order valence-corrected chi connectivity index (χ2v) is 6.50. The van der Waals surface area contributed by atoms with E-state index in [1.807, 2.05) is 26.0 Å². The number of rotatable bonds is 8. The van der Waals surface area contributed by atoms with Gasteiger partial charge in [-0.3, -0.25) is 0 Å². The van der Waals surface area contributed by atoms with Crippen molar-refractivity contribution >= 4 is 0 Å². The Morgan fingerprint density at radius 1 is 1.15 bits per heavy atom. The molecule has 0 aromatic heterocycles. The van der Waals surface area contributed by atoms with E-state index in [9.17, 15) is 9.50 Å². The molecule has 1 aromatic carbocycles. The number of hydrogen-bond acceptors (Lipinski definition) is 2. The van der Waals surface area contributed by atoms with E-state index in [2.05, 4.69) is 19.2 Å². The summed E-state index contributed by atoms with van der Waals surface area (Å²) in [7, 11) is 0. The molecule has 0 heterocycles. The van der Waals surface area contributed by atoms with Crippen molar-refractivity contribution < 1.29 is 9.50 Å². The molecule has 3 heteroatoms. The molecule has 0 spiro atoms. The third kappa shape index (κ3) is 7.61. The number of nitrogens with one attached hydrogen (secondary N) is 1. The predicted octanol–water partition coefficient (Wildman–Crippen LogP) is 3.68. The summed E-state index contributed by atoms with van der Waals surface area (Å²) in [5, 5.41) is 13.2. The Hall–Kier alpha value is -0.930. The number of benzene rings is 1. The van der Waals surface area contributed by atoms with Crippen LogP contribution >= 0.6 is 0 Å². The molecule has 0 bridgehead atoms. The van der Waals surface area contributed by atoms with Crippen LogP contribution in [-0.2, 0) is 6.42 Å². The Morgan fingerprint density at radius 3 is 2.30 bits per heavy atom. The van der Waals surface area contributed by atoms with Gasteiger partial charge in [0.2, 0.25) is 0 Å². The lowest BCUT2D eigenvalue weighted by Crippen LogP contribution is -2.36. The first-order valence-electron chi connectivity index (χ1n) is 7.49. The SMILES string of the molecule is C[C@@H](CCCC(C)(C)O)N[C@@H](C)Cc1ccc(F)cc1. The maximum Gasteiger partial charge on any atom is 0.123 e. The van der Waals surface area contributed by atoms with Gasteiger partial charge in [0.25, 0.3) is 0 Å². The maximum atomic E-state index is 12.8. The average Bonchev–Trinajstić information content (AvgIpc) is 2.30. The van der Waals surface area contributed by atoms with Crippen LogP contribution in [0.25, 0.3) is 0 Å². The second kappa shape index (κ2) is 7.75. The Morgan fingerprint density at radius 2 is 1.75 bits per heavy atom. The van der Waals surface area contributed by atoms with E-state index in [0.717, 1.165) is 31.2 Å². The van der Waals surface area contributed by atoms with E-state index in [4.69, 9.17) is 0 Å². The zero-order chi connectivity index (χ0) is 15.2. The highest BCUT2D eigenvalue weighted by molar-refractivity contribution is 5.17. The third-order valence-electron chi connectivity index (χ3n) is 3.45. The van der Waals surface area contributed by atoms with E-state index in [1.54, 1.807) is 0 Å². The summed E-state index contributed by atoms with van der Waals surface area (Å²) in [6.45, 7) is 8.02. The van der Waals surface area contributed by atoms with Crippen molar-refractivity contribution in [3.8, 4) is 0 Å². The van der Waals surface area contributed by atoms with Gasteiger partial charge in [-0.2, -0.15) is 0 Å². The second-order valence-electron chi connectivity index (χ2n) is 6.50. The average molecular weight is 281 g/mol. The summed E-state index contributed by atoms with van der Waals surface area (Å²) < 4.78 is 12.8. The van der Waals surface area contributed by atoms with Crippen molar-refractivity contribution in [1.82, 2.24) is 5.32 Å². The summed E-state index contributed by atoms with van der Waals surface area (Å²) in [5.74, 6) is -0.186. The van der Waals surface area contributed by atoms with Crippen LogP contribution in [0.15, 0.2) is 24.3 Å². The van der Waals surface area contributed by atoms with Crippen molar-refractivity contribution in [3.05, 3.63) is 35.6 Å². The molecule has 0 saturated carbocycles. The molecule has 0 saturated heterocycles. The van der Waals surface area contributed by atoms with Crippen LogP contribution in [0.2, 0.25) is 0 Å². The van der Waals surface area contributed by atoms with Gasteiger partial charge in [0.15, 0.2) is 0 Å². The molecule has 0 radical (unpaired) electrons. The molecular formula is C17H28FNO. The van der Waals surface area contributed by atoms with Gasteiger partial charge in [-0.1, -0.05) is 12.1 Å². The van der Waals surface area contributed by atoms with E-state index in [-0.39, 0.29) is 5.82 Å². The van der Waals surface area contributed by atoms with Gasteiger partial charge in [-0.15, -0.1) is 0 Å². The largest absolute Gasteiger partial charge is 0.390 e. The molecule has 2 atom stereocenters. The minimum absolute atomic E-state index is 0.186. The molecule has 1 aromatic rings. The fourth-order valence-corrected chi connectivity index (χ4v) is 2.44. The Kier molecular flexibility index (Phi) is 6.63. The van der Waals surface area contributed by atoms with Gasteiger partial charge in [0, 0.05) is 12.1 Å². The predicted molar refractivity (Wildman–Crippen MR) is 82.3 cm³/mol. The standard InChI is InChI=1S/C17H28FNO/c1-13(6-5-11-17(3,4)20)19-14(2)12-15-7-9-16(18)10-8-15/h7-10,13-14,19-20H,5-6,11-12H2,1-4H3/t13-,14-/m0/s1. The fourth-order valence-electron chi connectivity index (χ4n) is 2.44. The Balaban J connectivity index is 2.27. The lowest BCUT2D eigenvalue weighted by atomic mass is 9.99. The molecule has 0 fully saturated rings. The summed E-state index contributed by atoms with van der Waals surface area (Å²) in [6.07, 6.45) is 3.79. The van der Waals surface area contributed by atoms with E-state index >= 15 is 0 Å². The molecule has 2 N–H and O–H groups in total. The number of hydrogen-bond donors (Lipinski definition) is 2. The Labute approximate surface area is 122 Å². The minimum Gasteiger partial charge on any atom is -0.390 e. The summed E-state index contributed by atoms with van der Waals surface area (Å²) in [5.41, 5.74) is 0.578. The summed E-state index contributed by atoms with van der Waals surface area (Å²) in [6, 6.07) is 7.48. The molecule has 0 unspecified atom stereocenters. The molecule has 0 aliphatic carbocycles. The van der Waals surface area contributed by atoms with Crippen LogP contribution in [-0.4, -0.2) is 22.8 Å². The van der Waals surface area contributed by atoms with E-state index < -0.39 is 5.60 Å². The number of halogens is 1. The highest BCUT2D eigenvalue weighted by Crippen LogP contribution is 2.13. The Bertz CT molecular complexity index is 383. The number of aliphatic hydroxyl groups is 1. The fraction of sp³-hybridized carbons (Fsp3) is 0.647.